The Morgan fingerprint density at radius 1 is 1.50 bits per heavy atom. The number of nitrogens with zero attached hydrogens (tertiary/aromatic N) is 1. The summed E-state index contributed by atoms with van der Waals surface area (Å²) in [7, 11) is 0. The maximum atomic E-state index is 13.5. The molecule has 0 aromatic heterocycles. The molecule has 0 spiro atoms. The molecule has 0 bridgehead atoms. The molecule has 1 saturated carbocycles. The summed E-state index contributed by atoms with van der Waals surface area (Å²) >= 11 is 5.61. The number of benzene rings is 1. The number of hydrogen-bond acceptors (Lipinski definition) is 3. The molecule has 4 nitrogen and oxygen atoms in total. The standard InChI is InChI=1S/C14H18ClFN2O2/c1-3-9-4-5-12(8(9)2)17-13-7-11(16)10(15)6-14(13)18(19)20/h6-9,12,17H,3-5H2,1-2H3. The zero-order valence-corrected chi connectivity index (χ0v) is 12.3. The minimum atomic E-state index is -0.641. The lowest BCUT2D eigenvalue weighted by Gasteiger charge is -2.22. The first kappa shape index (κ1) is 15.0. The van der Waals surface area contributed by atoms with E-state index in [1.54, 1.807) is 0 Å². The number of hydrogen-bond donors (Lipinski definition) is 1. The van der Waals surface area contributed by atoms with Crippen molar-refractivity contribution in [3.8, 4) is 0 Å². The van der Waals surface area contributed by atoms with Crippen molar-refractivity contribution in [2.45, 2.75) is 39.2 Å². The lowest BCUT2D eigenvalue weighted by Crippen LogP contribution is -2.25. The van der Waals surface area contributed by atoms with Crippen LogP contribution in [0.15, 0.2) is 12.1 Å². The van der Waals surface area contributed by atoms with Crippen molar-refractivity contribution < 1.29 is 9.31 Å². The van der Waals surface area contributed by atoms with Crippen LogP contribution in [0.2, 0.25) is 5.02 Å². The van der Waals surface area contributed by atoms with E-state index in [2.05, 4.69) is 19.2 Å². The molecule has 0 amide bonds. The first-order valence-electron chi connectivity index (χ1n) is 6.84. The SMILES string of the molecule is CCC1CCC(Nc2cc(F)c(Cl)cc2[N+](=O)[O-])C1C. The molecule has 2 rings (SSSR count). The lowest BCUT2D eigenvalue weighted by molar-refractivity contribution is -0.384. The molecule has 110 valence electrons. The van der Waals surface area contributed by atoms with E-state index in [-0.39, 0.29) is 22.4 Å². The van der Waals surface area contributed by atoms with E-state index in [0.717, 1.165) is 31.4 Å². The third-order valence-electron chi connectivity index (χ3n) is 4.33. The Bertz CT molecular complexity index is 524. The molecular formula is C14H18ClFN2O2. The first-order valence-corrected chi connectivity index (χ1v) is 7.21. The molecule has 0 heterocycles. The van der Waals surface area contributed by atoms with E-state index in [1.165, 1.54) is 0 Å². The van der Waals surface area contributed by atoms with Gasteiger partial charge in [0.2, 0.25) is 0 Å². The average Bonchev–Trinajstić information content (AvgIpc) is 2.74. The Kier molecular flexibility index (Phi) is 4.48. The Balaban J connectivity index is 2.25. The van der Waals surface area contributed by atoms with Crippen molar-refractivity contribution in [1.29, 1.82) is 0 Å². The molecule has 20 heavy (non-hydrogen) atoms. The quantitative estimate of drug-likeness (QED) is 0.652. The highest BCUT2D eigenvalue weighted by atomic mass is 35.5. The number of nitrogens with one attached hydrogen (secondary N) is 1. The third-order valence-corrected chi connectivity index (χ3v) is 4.62. The van der Waals surface area contributed by atoms with Gasteiger partial charge in [0.1, 0.15) is 11.5 Å². The first-order chi connectivity index (χ1) is 9.43. The van der Waals surface area contributed by atoms with Crippen molar-refractivity contribution in [2.75, 3.05) is 5.32 Å². The summed E-state index contributed by atoms with van der Waals surface area (Å²) in [6.45, 7) is 4.28. The molecule has 1 aliphatic rings. The van der Waals surface area contributed by atoms with Crippen LogP contribution in [0.4, 0.5) is 15.8 Å². The largest absolute Gasteiger partial charge is 0.376 e. The minimum Gasteiger partial charge on any atom is -0.376 e. The molecule has 1 fully saturated rings. The third kappa shape index (κ3) is 2.87. The van der Waals surface area contributed by atoms with E-state index < -0.39 is 10.7 Å². The number of nitro benzene ring substituents is 1. The molecule has 0 radical (unpaired) electrons. The fourth-order valence-corrected chi connectivity index (χ4v) is 3.19. The highest BCUT2D eigenvalue weighted by Crippen LogP contribution is 2.38. The van der Waals surface area contributed by atoms with Gasteiger partial charge in [-0.05, 0) is 24.7 Å². The second kappa shape index (κ2) is 5.95. The van der Waals surface area contributed by atoms with Gasteiger partial charge in [0.25, 0.3) is 5.69 Å². The van der Waals surface area contributed by atoms with Gasteiger partial charge in [-0.1, -0.05) is 31.9 Å². The van der Waals surface area contributed by atoms with Crippen LogP contribution in [0.25, 0.3) is 0 Å². The molecule has 6 heteroatoms. The van der Waals surface area contributed by atoms with Gasteiger partial charge in [-0.15, -0.1) is 0 Å². The molecule has 3 atom stereocenters. The predicted octanol–water partition coefficient (Wildman–Crippen LogP) is 4.62. The Labute approximate surface area is 122 Å². The maximum absolute atomic E-state index is 13.5. The van der Waals surface area contributed by atoms with Crippen molar-refractivity contribution >= 4 is 23.0 Å². The molecule has 1 N–H and O–H groups in total. The number of anilines is 1. The van der Waals surface area contributed by atoms with Crippen molar-refractivity contribution in [2.24, 2.45) is 11.8 Å². The summed E-state index contributed by atoms with van der Waals surface area (Å²) < 4.78 is 13.5. The predicted molar refractivity (Wildman–Crippen MR) is 77.7 cm³/mol. The van der Waals surface area contributed by atoms with Crippen LogP contribution < -0.4 is 5.32 Å². The summed E-state index contributed by atoms with van der Waals surface area (Å²) in [6.07, 6.45) is 3.14. The number of rotatable bonds is 4. The zero-order valence-electron chi connectivity index (χ0n) is 11.5. The van der Waals surface area contributed by atoms with Gasteiger partial charge in [0.05, 0.1) is 9.95 Å². The second-order valence-corrected chi connectivity index (χ2v) is 5.80. The number of nitro groups is 1. The van der Waals surface area contributed by atoms with Gasteiger partial charge in [-0.3, -0.25) is 10.1 Å². The van der Waals surface area contributed by atoms with Crippen LogP contribution in [-0.4, -0.2) is 11.0 Å². The van der Waals surface area contributed by atoms with Gasteiger partial charge >= 0.3 is 0 Å². The summed E-state index contributed by atoms with van der Waals surface area (Å²) in [5, 5.41) is 13.9. The molecule has 1 aliphatic carbocycles. The van der Waals surface area contributed by atoms with Crippen molar-refractivity contribution in [3.05, 3.63) is 33.1 Å². The van der Waals surface area contributed by atoms with Gasteiger partial charge in [-0.25, -0.2) is 4.39 Å². The van der Waals surface area contributed by atoms with Gasteiger partial charge in [-0.2, -0.15) is 0 Å². The van der Waals surface area contributed by atoms with E-state index in [4.69, 9.17) is 11.6 Å². The Morgan fingerprint density at radius 2 is 2.20 bits per heavy atom. The van der Waals surface area contributed by atoms with Crippen LogP contribution in [0.1, 0.15) is 33.1 Å². The average molecular weight is 301 g/mol. The fraction of sp³-hybridized carbons (Fsp3) is 0.571. The molecule has 0 saturated heterocycles. The normalized spacial score (nSPS) is 25.7. The van der Waals surface area contributed by atoms with E-state index in [9.17, 15) is 14.5 Å². The second-order valence-electron chi connectivity index (χ2n) is 5.40. The van der Waals surface area contributed by atoms with Crippen LogP contribution >= 0.6 is 11.6 Å². The van der Waals surface area contributed by atoms with Crippen LogP contribution in [0.3, 0.4) is 0 Å². The monoisotopic (exact) mass is 300 g/mol. The van der Waals surface area contributed by atoms with Crippen molar-refractivity contribution in [1.82, 2.24) is 0 Å². The summed E-state index contributed by atoms with van der Waals surface area (Å²) in [4.78, 5) is 10.5. The summed E-state index contributed by atoms with van der Waals surface area (Å²) in [5.41, 5.74) is 0.0362. The summed E-state index contributed by atoms with van der Waals surface area (Å²) in [6, 6.07) is 2.32. The highest BCUT2D eigenvalue weighted by molar-refractivity contribution is 6.31. The maximum Gasteiger partial charge on any atom is 0.294 e. The lowest BCUT2D eigenvalue weighted by atomic mass is 9.93. The molecule has 3 unspecified atom stereocenters. The smallest absolute Gasteiger partial charge is 0.294 e. The Morgan fingerprint density at radius 3 is 2.75 bits per heavy atom. The van der Waals surface area contributed by atoms with Crippen LogP contribution in [-0.2, 0) is 0 Å². The van der Waals surface area contributed by atoms with Crippen LogP contribution in [0, 0.1) is 27.8 Å². The zero-order chi connectivity index (χ0) is 14.9. The fourth-order valence-electron chi connectivity index (χ4n) is 3.03. The van der Waals surface area contributed by atoms with Gasteiger partial charge < -0.3 is 5.32 Å². The molecular weight excluding hydrogens is 283 g/mol. The van der Waals surface area contributed by atoms with E-state index in [1.807, 2.05) is 0 Å². The van der Waals surface area contributed by atoms with E-state index in [0.29, 0.717) is 11.8 Å². The van der Waals surface area contributed by atoms with E-state index >= 15 is 0 Å². The minimum absolute atomic E-state index is 0.138. The number of halogens is 2. The molecule has 1 aromatic rings. The highest BCUT2D eigenvalue weighted by Gasteiger charge is 2.32. The molecule has 0 aliphatic heterocycles. The Hall–Kier alpha value is -1.36. The molecule has 1 aromatic carbocycles. The van der Waals surface area contributed by atoms with Crippen LogP contribution in [0.5, 0.6) is 0 Å². The summed E-state index contributed by atoms with van der Waals surface area (Å²) in [5.74, 6) is 0.388. The van der Waals surface area contributed by atoms with Gasteiger partial charge in [0, 0.05) is 18.2 Å². The topological polar surface area (TPSA) is 55.2 Å². The van der Waals surface area contributed by atoms with Gasteiger partial charge in [0.15, 0.2) is 0 Å². The van der Waals surface area contributed by atoms with Crippen molar-refractivity contribution in [3.63, 3.8) is 0 Å².